The molecule has 1 atom stereocenters. The predicted molar refractivity (Wildman–Crippen MR) is 75.9 cm³/mol. The lowest BCUT2D eigenvalue weighted by molar-refractivity contribution is -0.150. The number of nitrogens with one attached hydrogen (secondary N) is 2. The van der Waals surface area contributed by atoms with Crippen LogP contribution >= 0.6 is 0 Å². The molecule has 1 heterocycles. The molecular weight excluding hydrogens is 268 g/mol. The van der Waals surface area contributed by atoms with Gasteiger partial charge < -0.3 is 4.74 Å². The van der Waals surface area contributed by atoms with Crippen molar-refractivity contribution in [2.75, 3.05) is 6.61 Å². The van der Waals surface area contributed by atoms with E-state index in [1.807, 2.05) is 0 Å². The van der Waals surface area contributed by atoms with Gasteiger partial charge in [0.05, 0.1) is 5.41 Å². The molecule has 5 fully saturated rings. The van der Waals surface area contributed by atoms with E-state index in [0.29, 0.717) is 6.61 Å². The van der Waals surface area contributed by atoms with E-state index >= 15 is 0 Å². The van der Waals surface area contributed by atoms with Gasteiger partial charge in [0.25, 0.3) is 5.91 Å². The summed E-state index contributed by atoms with van der Waals surface area (Å²) in [5.41, 5.74) is 5.07. The Morgan fingerprint density at radius 3 is 2.10 bits per heavy atom. The summed E-state index contributed by atoms with van der Waals surface area (Å²) in [6.45, 7) is 0.640. The Morgan fingerprint density at radius 2 is 1.57 bits per heavy atom. The fraction of sp³-hybridized carbons (Fsp3) is 0.875. The van der Waals surface area contributed by atoms with Crippen molar-refractivity contribution in [2.45, 2.75) is 57.5 Å². The lowest BCUT2D eigenvalue weighted by atomic mass is 9.49. The van der Waals surface area contributed by atoms with Gasteiger partial charge in [-0.3, -0.25) is 20.4 Å². The maximum atomic E-state index is 12.6. The number of ether oxygens (including phenoxy) is 1. The third-order valence-corrected chi connectivity index (χ3v) is 6.04. The molecule has 2 amide bonds. The van der Waals surface area contributed by atoms with Gasteiger partial charge in [-0.2, -0.15) is 0 Å². The molecular formula is C16H24N2O3. The van der Waals surface area contributed by atoms with Crippen molar-refractivity contribution < 1.29 is 14.3 Å². The van der Waals surface area contributed by atoms with Crippen LogP contribution in [0.15, 0.2) is 0 Å². The second-order valence-corrected chi connectivity index (χ2v) is 7.64. The average molecular weight is 292 g/mol. The Balaban J connectivity index is 1.37. The first-order valence-corrected chi connectivity index (χ1v) is 8.36. The highest BCUT2D eigenvalue weighted by atomic mass is 16.5. The van der Waals surface area contributed by atoms with Crippen molar-refractivity contribution in [3.05, 3.63) is 0 Å². The molecule has 116 valence electrons. The number of carbonyl (C=O) groups is 2. The van der Waals surface area contributed by atoms with Crippen molar-refractivity contribution >= 4 is 11.8 Å². The Morgan fingerprint density at radius 1 is 0.952 bits per heavy atom. The molecule has 2 N–H and O–H groups in total. The largest absolute Gasteiger partial charge is 0.368 e. The minimum Gasteiger partial charge on any atom is -0.368 e. The summed E-state index contributed by atoms with van der Waals surface area (Å²) < 4.78 is 5.33. The fourth-order valence-corrected chi connectivity index (χ4v) is 5.50. The zero-order chi connectivity index (χ0) is 14.4. The van der Waals surface area contributed by atoms with Crippen molar-refractivity contribution in [2.24, 2.45) is 23.2 Å². The lowest BCUT2D eigenvalue weighted by Gasteiger charge is -2.55. The molecule has 5 nitrogen and oxygen atoms in total. The topological polar surface area (TPSA) is 67.4 Å². The van der Waals surface area contributed by atoms with Crippen LogP contribution in [0.1, 0.15) is 51.4 Å². The zero-order valence-corrected chi connectivity index (χ0v) is 12.4. The first-order valence-electron chi connectivity index (χ1n) is 8.36. The van der Waals surface area contributed by atoms with Gasteiger partial charge >= 0.3 is 0 Å². The number of carbonyl (C=O) groups excluding carboxylic acids is 2. The van der Waals surface area contributed by atoms with Crippen LogP contribution in [0.3, 0.4) is 0 Å². The standard InChI is InChI=1S/C16H24N2O3/c19-14(13-2-1-3-21-13)17-18-15(20)16-7-10-4-11(8-16)6-12(5-10)9-16/h10-13H,1-9H2,(H,17,19)(H,18,20)/t10?,11?,12?,13-,16?/m0/s1. The SMILES string of the molecule is O=C(NNC(=O)C12CC3CC(CC(C3)C1)C2)[C@@H]1CCCO1. The van der Waals surface area contributed by atoms with E-state index in [2.05, 4.69) is 10.9 Å². The van der Waals surface area contributed by atoms with Crippen molar-refractivity contribution in [1.82, 2.24) is 10.9 Å². The van der Waals surface area contributed by atoms with Gasteiger partial charge in [-0.25, -0.2) is 0 Å². The first kappa shape index (κ1) is 13.6. The number of amides is 2. The number of hydrazine groups is 1. The molecule has 0 aromatic heterocycles. The zero-order valence-electron chi connectivity index (χ0n) is 12.4. The summed E-state index contributed by atoms with van der Waals surface area (Å²) in [6.07, 6.45) is 8.27. The number of hydrogen-bond acceptors (Lipinski definition) is 3. The first-order chi connectivity index (χ1) is 10.1. The Bertz CT molecular complexity index is 421. The third kappa shape index (κ3) is 2.35. The molecule has 0 spiro atoms. The third-order valence-electron chi connectivity index (χ3n) is 6.04. The molecule has 4 bridgehead atoms. The maximum absolute atomic E-state index is 12.6. The number of rotatable bonds is 2. The van der Waals surface area contributed by atoms with Crippen LogP contribution in [-0.4, -0.2) is 24.5 Å². The summed E-state index contributed by atoms with van der Waals surface area (Å²) in [6, 6.07) is 0. The number of hydrogen-bond donors (Lipinski definition) is 2. The highest BCUT2D eigenvalue weighted by molar-refractivity contribution is 5.87. The highest BCUT2D eigenvalue weighted by Gasteiger charge is 2.54. The van der Waals surface area contributed by atoms with Crippen LogP contribution in [-0.2, 0) is 14.3 Å². The van der Waals surface area contributed by atoms with Gasteiger partial charge in [-0.15, -0.1) is 0 Å². The molecule has 21 heavy (non-hydrogen) atoms. The van der Waals surface area contributed by atoms with Crippen LogP contribution < -0.4 is 10.9 Å². The van der Waals surface area contributed by atoms with Gasteiger partial charge in [0.1, 0.15) is 6.10 Å². The second-order valence-electron chi connectivity index (χ2n) is 7.64. The van der Waals surface area contributed by atoms with Crippen molar-refractivity contribution in [3.8, 4) is 0 Å². The minimum atomic E-state index is -0.387. The lowest BCUT2D eigenvalue weighted by Crippen LogP contribution is -2.57. The Labute approximate surface area is 125 Å². The van der Waals surface area contributed by atoms with Crippen LogP contribution in [0.4, 0.5) is 0 Å². The van der Waals surface area contributed by atoms with Gasteiger partial charge in [-0.1, -0.05) is 0 Å². The summed E-state index contributed by atoms with van der Waals surface area (Å²) in [5.74, 6) is 2.03. The van der Waals surface area contributed by atoms with Crippen LogP contribution in [0, 0.1) is 23.2 Å². The van der Waals surface area contributed by atoms with Gasteiger partial charge in [0.15, 0.2) is 0 Å². The van der Waals surface area contributed by atoms with E-state index in [-0.39, 0.29) is 23.3 Å². The summed E-state index contributed by atoms with van der Waals surface area (Å²) in [5, 5.41) is 0. The predicted octanol–water partition coefficient (Wildman–Crippen LogP) is 1.53. The Kier molecular flexibility index (Phi) is 3.21. The second kappa shape index (κ2) is 4.97. The van der Waals surface area contributed by atoms with E-state index < -0.39 is 0 Å². The molecule has 4 saturated carbocycles. The molecule has 5 rings (SSSR count). The molecule has 0 aromatic carbocycles. The molecule has 0 unspecified atom stereocenters. The Hall–Kier alpha value is -1.10. The summed E-state index contributed by atoms with van der Waals surface area (Å²) in [7, 11) is 0. The maximum Gasteiger partial charge on any atom is 0.267 e. The van der Waals surface area contributed by atoms with E-state index in [4.69, 9.17) is 4.74 Å². The van der Waals surface area contributed by atoms with E-state index in [1.54, 1.807) is 0 Å². The molecule has 1 aliphatic heterocycles. The highest BCUT2D eigenvalue weighted by Crippen LogP contribution is 2.59. The average Bonchev–Trinajstić information content (AvgIpc) is 2.97. The van der Waals surface area contributed by atoms with Crippen molar-refractivity contribution in [1.29, 1.82) is 0 Å². The van der Waals surface area contributed by atoms with Crippen LogP contribution in [0.5, 0.6) is 0 Å². The van der Waals surface area contributed by atoms with E-state index in [1.165, 1.54) is 19.3 Å². The molecule has 1 saturated heterocycles. The quantitative estimate of drug-likeness (QED) is 0.758. The summed E-state index contributed by atoms with van der Waals surface area (Å²) in [4.78, 5) is 24.6. The normalized spacial score (nSPS) is 43.8. The molecule has 0 aromatic rings. The van der Waals surface area contributed by atoms with Crippen LogP contribution in [0.25, 0.3) is 0 Å². The summed E-state index contributed by atoms with van der Waals surface area (Å²) >= 11 is 0. The van der Waals surface area contributed by atoms with E-state index in [0.717, 1.165) is 49.9 Å². The fourth-order valence-electron chi connectivity index (χ4n) is 5.50. The monoisotopic (exact) mass is 292 g/mol. The minimum absolute atomic E-state index is 0.0351. The van der Waals surface area contributed by atoms with Gasteiger partial charge in [0, 0.05) is 6.61 Å². The molecule has 4 aliphatic carbocycles. The van der Waals surface area contributed by atoms with Crippen LogP contribution in [0.2, 0.25) is 0 Å². The van der Waals surface area contributed by atoms with Gasteiger partial charge in [0.2, 0.25) is 5.91 Å². The van der Waals surface area contributed by atoms with Gasteiger partial charge in [-0.05, 0) is 69.1 Å². The smallest absolute Gasteiger partial charge is 0.267 e. The molecule has 5 heteroatoms. The van der Waals surface area contributed by atoms with Crippen molar-refractivity contribution in [3.63, 3.8) is 0 Å². The molecule has 0 radical (unpaired) electrons. The van der Waals surface area contributed by atoms with E-state index in [9.17, 15) is 9.59 Å². The molecule has 5 aliphatic rings.